The van der Waals surface area contributed by atoms with Crippen molar-refractivity contribution in [3.8, 4) is 17.2 Å². The molecule has 154 valence electrons. The average molecular weight is 460 g/mol. The molecule has 1 aliphatic rings. The van der Waals surface area contributed by atoms with Gasteiger partial charge in [0.2, 0.25) is 0 Å². The van der Waals surface area contributed by atoms with Gasteiger partial charge in [-0.2, -0.15) is 0 Å². The Balaban J connectivity index is 1.87. The zero-order valence-electron chi connectivity index (χ0n) is 14.7. The van der Waals surface area contributed by atoms with E-state index in [2.05, 4.69) is 5.32 Å². The monoisotopic (exact) mass is 459 g/mol. The van der Waals surface area contributed by atoms with Crippen LogP contribution in [0.25, 0.3) is 0 Å². The van der Waals surface area contributed by atoms with Crippen LogP contribution in [0.2, 0.25) is 10.0 Å². The molecule has 1 fully saturated rings. The highest BCUT2D eigenvalue weighted by atomic mass is 35.5. The van der Waals surface area contributed by atoms with Crippen molar-refractivity contribution in [3.63, 3.8) is 0 Å². The molecule has 0 unspecified atom stereocenters. The number of carboxylic acids is 1. The van der Waals surface area contributed by atoms with Crippen molar-refractivity contribution < 1.29 is 33.0 Å². The summed E-state index contributed by atoms with van der Waals surface area (Å²) >= 11 is 12.2. The minimum absolute atomic E-state index is 0.0297. The number of hydrogen-bond donors (Lipinski definition) is 3. The van der Waals surface area contributed by atoms with Gasteiger partial charge >= 0.3 is 11.9 Å². The minimum atomic E-state index is -3.69. The second-order valence-electron chi connectivity index (χ2n) is 6.48. The van der Waals surface area contributed by atoms with Crippen LogP contribution in [-0.4, -0.2) is 36.3 Å². The normalized spacial score (nSPS) is 13.7. The number of carbonyl (C=O) groups is 2. The lowest BCUT2D eigenvalue weighted by Crippen LogP contribution is -2.21. The number of halogens is 2. The third-order valence-electron chi connectivity index (χ3n) is 4.09. The molecule has 0 aliphatic heterocycles. The van der Waals surface area contributed by atoms with Gasteiger partial charge in [0.25, 0.3) is 0 Å². The topological polar surface area (TPSA) is 130 Å². The van der Waals surface area contributed by atoms with Crippen molar-refractivity contribution in [2.45, 2.75) is 17.7 Å². The number of carbonyl (C=O) groups excluding carboxylic acids is 1. The largest absolute Gasteiger partial charge is 0.507 e. The van der Waals surface area contributed by atoms with Gasteiger partial charge < -0.3 is 20.3 Å². The van der Waals surface area contributed by atoms with Gasteiger partial charge in [0.15, 0.2) is 15.6 Å². The number of benzene rings is 2. The van der Waals surface area contributed by atoms with E-state index in [4.69, 9.17) is 33.0 Å². The van der Waals surface area contributed by atoms with E-state index in [-0.39, 0.29) is 49.5 Å². The fourth-order valence-corrected chi connectivity index (χ4v) is 4.90. The Morgan fingerprint density at radius 1 is 1.14 bits per heavy atom. The van der Waals surface area contributed by atoms with Gasteiger partial charge in [-0.15, -0.1) is 0 Å². The van der Waals surface area contributed by atoms with Gasteiger partial charge in [-0.1, -0.05) is 23.2 Å². The molecular weight excluding hydrogens is 445 g/mol. The van der Waals surface area contributed by atoms with Gasteiger partial charge in [-0.25, -0.2) is 13.2 Å². The number of hydrogen-bond acceptors (Lipinski definition) is 6. The molecule has 2 aromatic carbocycles. The van der Waals surface area contributed by atoms with Gasteiger partial charge in [-0.05, 0) is 43.0 Å². The maximum atomic E-state index is 12.5. The molecule has 8 nitrogen and oxygen atoms in total. The molecule has 1 saturated carbocycles. The third-order valence-corrected chi connectivity index (χ3v) is 6.56. The van der Waals surface area contributed by atoms with Crippen LogP contribution in [0.15, 0.2) is 35.2 Å². The van der Waals surface area contributed by atoms with Crippen LogP contribution in [0.1, 0.15) is 12.8 Å². The average Bonchev–Trinajstić information content (AvgIpc) is 3.42. The van der Waals surface area contributed by atoms with Crippen LogP contribution in [0.4, 0.5) is 5.69 Å². The number of sulfone groups is 1. The van der Waals surface area contributed by atoms with Crippen molar-refractivity contribution >= 4 is 50.6 Å². The van der Waals surface area contributed by atoms with Crippen molar-refractivity contribution in [3.05, 3.63) is 40.4 Å². The number of anilines is 1. The molecule has 3 N–H and O–H groups in total. The zero-order valence-corrected chi connectivity index (χ0v) is 17.0. The summed E-state index contributed by atoms with van der Waals surface area (Å²) in [5.41, 5.74) is 0.0400. The molecule has 1 amide bonds. The van der Waals surface area contributed by atoms with Crippen LogP contribution < -0.4 is 10.1 Å². The van der Waals surface area contributed by atoms with Crippen LogP contribution in [0.5, 0.6) is 17.2 Å². The van der Waals surface area contributed by atoms with Gasteiger partial charge in [0.1, 0.15) is 16.4 Å². The highest BCUT2D eigenvalue weighted by molar-refractivity contribution is 7.91. The Hall–Kier alpha value is -2.49. The Kier molecular flexibility index (Phi) is 5.92. The number of ether oxygens (including phenoxy) is 1. The summed E-state index contributed by atoms with van der Waals surface area (Å²) in [4.78, 5) is 21.6. The molecule has 0 aromatic heterocycles. The summed E-state index contributed by atoms with van der Waals surface area (Å²) in [6.07, 6.45) is 1.68. The molecule has 29 heavy (non-hydrogen) atoms. The summed E-state index contributed by atoms with van der Waals surface area (Å²) in [6, 6.07) is 6.18. The molecule has 0 bridgehead atoms. The minimum Gasteiger partial charge on any atom is -0.507 e. The number of aromatic hydroxyl groups is 1. The quantitative estimate of drug-likeness (QED) is 0.561. The van der Waals surface area contributed by atoms with Crippen LogP contribution in [0, 0.1) is 5.92 Å². The number of carboxylic acid groups (broad SMARTS) is 1. The van der Waals surface area contributed by atoms with E-state index in [0.717, 1.165) is 12.8 Å². The number of phenols is 1. The summed E-state index contributed by atoms with van der Waals surface area (Å²) in [5, 5.41) is 20.6. The lowest BCUT2D eigenvalue weighted by molar-refractivity contribution is -0.147. The SMILES string of the molecule is O=C(O)C(=O)Nc1cc(Cl)c(Oc2ccc(O)c(S(=O)(=O)CC3CC3)c2)c(Cl)c1. The lowest BCUT2D eigenvalue weighted by atomic mass is 10.2. The standard InChI is InChI=1S/C18H15Cl2NO7S/c19-12-5-10(21-17(23)18(24)25)6-13(20)16(12)28-11-3-4-14(22)15(7-11)29(26,27)8-9-1-2-9/h3-7,9,22H,1-2,8H2,(H,21,23)(H,24,25). The zero-order chi connectivity index (χ0) is 21.3. The summed E-state index contributed by atoms with van der Waals surface area (Å²) < 4.78 is 30.6. The van der Waals surface area contributed by atoms with Gasteiger partial charge in [-0.3, -0.25) is 4.79 Å². The van der Waals surface area contributed by atoms with E-state index in [1.54, 1.807) is 0 Å². The number of nitrogens with one attached hydrogen (secondary N) is 1. The third kappa shape index (κ3) is 5.11. The molecule has 1 aliphatic carbocycles. The van der Waals surface area contributed by atoms with E-state index >= 15 is 0 Å². The maximum Gasteiger partial charge on any atom is 0.394 e. The molecule has 0 radical (unpaired) electrons. The number of aliphatic carboxylic acids is 1. The fraction of sp³-hybridized carbons (Fsp3) is 0.222. The van der Waals surface area contributed by atoms with Crippen molar-refractivity contribution in [2.24, 2.45) is 5.92 Å². The fourth-order valence-electron chi connectivity index (χ4n) is 2.52. The molecule has 3 rings (SSSR count). The summed E-state index contributed by atoms with van der Waals surface area (Å²) in [7, 11) is -3.69. The van der Waals surface area contributed by atoms with E-state index < -0.39 is 21.7 Å². The lowest BCUT2D eigenvalue weighted by Gasteiger charge is -2.13. The highest BCUT2D eigenvalue weighted by Crippen LogP contribution is 2.41. The second-order valence-corrected chi connectivity index (χ2v) is 9.30. The molecule has 2 aromatic rings. The first-order chi connectivity index (χ1) is 13.6. The molecular formula is C18H15Cl2NO7S. The number of amides is 1. The van der Waals surface area contributed by atoms with Gasteiger partial charge in [0, 0.05) is 11.8 Å². The molecule has 0 atom stereocenters. The summed E-state index contributed by atoms with van der Waals surface area (Å²) in [5.74, 6) is -3.25. The van der Waals surface area contributed by atoms with Crippen molar-refractivity contribution in [1.82, 2.24) is 0 Å². The predicted molar refractivity (Wildman–Crippen MR) is 106 cm³/mol. The molecule has 0 spiro atoms. The first-order valence-electron chi connectivity index (χ1n) is 8.34. The van der Waals surface area contributed by atoms with E-state index in [1.807, 2.05) is 0 Å². The predicted octanol–water partition coefficient (Wildman–Crippen LogP) is 3.70. The van der Waals surface area contributed by atoms with E-state index in [1.165, 1.54) is 30.3 Å². The van der Waals surface area contributed by atoms with Crippen LogP contribution in [-0.2, 0) is 19.4 Å². The van der Waals surface area contributed by atoms with Crippen LogP contribution in [0.3, 0.4) is 0 Å². The second kappa shape index (κ2) is 8.10. The number of rotatable bonds is 6. The molecule has 11 heteroatoms. The van der Waals surface area contributed by atoms with E-state index in [0.29, 0.717) is 0 Å². The van der Waals surface area contributed by atoms with Crippen molar-refractivity contribution in [1.29, 1.82) is 0 Å². The Labute approximate surface area is 175 Å². The molecule has 0 heterocycles. The van der Waals surface area contributed by atoms with Crippen molar-refractivity contribution in [2.75, 3.05) is 11.1 Å². The Morgan fingerprint density at radius 3 is 2.31 bits per heavy atom. The van der Waals surface area contributed by atoms with Gasteiger partial charge in [0.05, 0.1) is 15.8 Å². The Bertz CT molecular complexity index is 1070. The maximum absolute atomic E-state index is 12.5. The first kappa shape index (κ1) is 21.2. The van der Waals surface area contributed by atoms with Crippen LogP contribution >= 0.6 is 23.2 Å². The molecule has 0 saturated heterocycles. The Morgan fingerprint density at radius 2 is 1.76 bits per heavy atom. The highest BCUT2D eigenvalue weighted by Gasteiger charge is 2.31. The smallest absolute Gasteiger partial charge is 0.394 e. The van der Waals surface area contributed by atoms with E-state index in [9.17, 15) is 23.1 Å². The number of phenolic OH excluding ortho intramolecular Hbond substituents is 1. The first-order valence-corrected chi connectivity index (χ1v) is 10.7. The summed E-state index contributed by atoms with van der Waals surface area (Å²) in [6.45, 7) is 0.